The molecule has 3 nitrogen and oxygen atoms in total. The molecule has 0 saturated heterocycles. The summed E-state index contributed by atoms with van der Waals surface area (Å²) in [5.41, 5.74) is 0.491. The third-order valence-corrected chi connectivity index (χ3v) is 5.61. The van der Waals surface area contributed by atoms with Crippen LogP contribution in [0.15, 0.2) is 12.2 Å². The third-order valence-electron chi connectivity index (χ3n) is 5.61. The lowest BCUT2D eigenvalue weighted by molar-refractivity contribution is -0.139. The summed E-state index contributed by atoms with van der Waals surface area (Å²) in [5.74, 6) is -0.256. The second kappa shape index (κ2) is 21.9. The molecule has 0 heterocycles. The van der Waals surface area contributed by atoms with Gasteiger partial charge in [-0.1, -0.05) is 97.5 Å². The molecular formula is C26H51NO2. The van der Waals surface area contributed by atoms with E-state index in [1.807, 2.05) is 0 Å². The summed E-state index contributed by atoms with van der Waals surface area (Å²) < 4.78 is 5.17. The summed E-state index contributed by atoms with van der Waals surface area (Å²) in [6.07, 6.45) is 21.2. The van der Waals surface area contributed by atoms with Gasteiger partial charge in [-0.2, -0.15) is 0 Å². The first-order chi connectivity index (χ1) is 14.1. The maximum Gasteiger partial charge on any atom is 0.333 e. The number of nitrogens with zero attached hydrogens (tertiary/aromatic N) is 1. The zero-order valence-electron chi connectivity index (χ0n) is 20.1. The van der Waals surface area contributed by atoms with Crippen LogP contribution in [-0.4, -0.2) is 37.1 Å². The van der Waals surface area contributed by atoms with E-state index in [0.29, 0.717) is 12.2 Å². The fourth-order valence-corrected chi connectivity index (χ4v) is 3.65. The first kappa shape index (κ1) is 28.2. The molecule has 0 bridgehead atoms. The molecule has 0 unspecified atom stereocenters. The van der Waals surface area contributed by atoms with Gasteiger partial charge in [0, 0.05) is 5.57 Å². The topological polar surface area (TPSA) is 29.5 Å². The molecule has 0 fully saturated rings. The molecular weight excluding hydrogens is 358 g/mol. The Hall–Kier alpha value is -0.830. The average molecular weight is 410 g/mol. The zero-order chi connectivity index (χ0) is 21.6. The van der Waals surface area contributed by atoms with Crippen LogP contribution < -0.4 is 0 Å². The molecule has 29 heavy (non-hydrogen) atoms. The van der Waals surface area contributed by atoms with E-state index in [0.717, 1.165) is 12.8 Å². The van der Waals surface area contributed by atoms with E-state index >= 15 is 0 Å². The molecule has 0 saturated carbocycles. The van der Waals surface area contributed by atoms with Gasteiger partial charge in [0.1, 0.15) is 0 Å². The highest BCUT2D eigenvalue weighted by molar-refractivity contribution is 5.86. The summed E-state index contributed by atoms with van der Waals surface area (Å²) in [6, 6.07) is 0. The van der Waals surface area contributed by atoms with Crippen molar-refractivity contribution in [1.29, 1.82) is 0 Å². The summed E-state index contributed by atoms with van der Waals surface area (Å²) in [5, 5.41) is 0. The number of carbonyl (C=O) groups excluding carboxylic acids is 1. The van der Waals surface area contributed by atoms with Crippen molar-refractivity contribution in [3.63, 3.8) is 0 Å². The lowest BCUT2D eigenvalue weighted by Crippen LogP contribution is -2.27. The van der Waals surface area contributed by atoms with E-state index in [4.69, 9.17) is 4.74 Å². The van der Waals surface area contributed by atoms with Crippen LogP contribution in [0.2, 0.25) is 0 Å². The predicted octanol–water partition coefficient (Wildman–Crippen LogP) is 7.69. The van der Waals surface area contributed by atoms with E-state index < -0.39 is 0 Å². The number of carbonyl (C=O) groups is 1. The minimum absolute atomic E-state index is 0.256. The normalized spacial score (nSPS) is 11.2. The lowest BCUT2D eigenvalue weighted by atomic mass is 10.1. The summed E-state index contributed by atoms with van der Waals surface area (Å²) in [6.45, 7) is 14.2. The van der Waals surface area contributed by atoms with Crippen LogP contribution in [0.25, 0.3) is 0 Å². The molecule has 0 aliphatic carbocycles. The van der Waals surface area contributed by atoms with Crippen molar-refractivity contribution in [3.05, 3.63) is 12.2 Å². The van der Waals surface area contributed by atoms with Crippen LogP contribution in [-0.2, 0) is 9.53 Å². The first-order valence-corrected chi connectivity index (χ1v) is 12.7. The molecule has 0 N–H and O–H groups in total. The van der Waals surface area contributed by atoms with E-state index in [1.54, 1.807) is 6.92 Å². The Morgan fingerprint density at radius 1 is 0.655 bits per heavy atom. The van der Waals surface area contributed by atoms with Crippen molar-refractivity contribution in [3.8, 4) is 0 Å². The monoisotopic (exact) mass is 409 g/mol. The molecule has 0 radical (unpaired) electrons. The minimum Gasteiger partial charge on any atom is -0.462 e. The SMILES string of the molecule is C=C(C)C(=O)OCCCCCCN(CCCCCCCC)CCCCCCCC. The van der Waals surface area contributed by atoms with E-state index in [9.17, 15) is 4.79 Å². The Morgan fingerprint density at radius 3 is 1.45 bits per heavy atom. The van der Waals surface area contributed by atoms with Crippen molar-refractivity contribution in [2.45, 2.75) is 124 Å². The molecule has 0 amide bonds. The fraction of sp³-hybridized carbons (Fsp3) is 0.885. The smallest absolute Gasteiger partial charge is 0.333 e. The number of unbranched alkanes of at least 4 members (excludes halogenated alkanes) is 13. The minimum atomic E-state index is -0.256. The Morgan fingerprint density at radius 2 is 1.03 bits per heavy atom. The van der Waals surface area contributed by atoms with Gasteiger partial charge in [0.05, 0.1) is 6.61 Å². The van der Waals surface area contributed by atoms with Crippen LogP contribution in [0, 0.1) is 0 Å². The first-order valence-electron chi connectivity index (χ1n) is 12.7. The van der Waals surface area contributed by atoms with Gasteiger partial charge in [-0.25, -0.2) is 4.79 Å². The highest BCUT2D eigenvalue weighted by atomic mass is 16.5. The van der Waals surface area contributed by atoms with E-state index in [1.165, 1.54) is 110 Å². The van der Waals surface area contributed by atoms with Gasteiger partial charge in [0.25, 0.3) is 0 Å². The highest BCUT2D eigenvalue weighted by Gasteiger charge is 2.06. The van der Waals surface area contributed by atoms with Gasteiger partial charge in [-0.3, -0.25) is 0 Å². The van der Waals surface area contributed by atoms with Crippen LogP contribution in [0.3, 0.4) is 0 Å². The van der Waals surface area contributed by atoms with Crippen molar-refractivity contribution in [1.82, 2.24) is 4.90 Å². The van der Waals surface area contributed by atoms with Crippen LogP contribution in [0.5, 0.6) is 0 Å². The maximum absolute atomic E-state index is 11.4. The molecule has 0 aliphatic rings. The molecule has 3 heteroatoms. The quantitative estimate of drug-likeness (QED) is 0.104. The van der Waals surface area contributed by atoms with Gasteiger partial charge < -0.3 is 9.64 Å². The standard InChI is InChI=1S/C26H51NO2/c1-5-7-9-11-13-17-21-27(22-18-14-12-10-8-6-2)23-19-15-16-20-24-29-26(28)25(3)4/h3,5-24H2,1-2,4H3. The second-order valence-corrected chi connectivity index (χ2v) is 8.71. The summed E-state index contributed by atoms with van der Waals surface area (Å²) in [4.78, 5) is 14.1. The number of hydrogen-bond donors (Lipinski definition) is 0. The Bertz CT molecular complexity index is 365. The van der Waals surface area contributed by atoms with Crippen molar-refractivity contribution >= 4 is 5.97 Å². The van der Waals surface area contributed by atoms with Gasteiger partial charge >= 0.3 is 5.97 Å². The van der Waals surface area contributed by atoms with Crippen molar-refractivity contribution < 1.29 is 9.53 Å². The van der Waals surface area contributed by atoms with Crippen LogP contribution in [0.4, 0.5) is 0 Å². The van der Waals surface area contributed by atoms with E-state index in [2.05, 4.69) is 25.3 Å². The largest absolute Gasteiger partial charge is 0.462 e. The molecule has 0 spiro atoms. The highest BCUT2D eigenvalue weighted by Crippen LogP contribution is 2.10. The number of hydrogen-bond acceptors (Lipinski definition) is 3. The average Bonchev–Trinajstić information content (AvgIpc) is 2.71. The van der Waals surface area contributed by atoms with Crippen LogP contribution in [0.1, 0.15) is 124 Å². The third kappa shape index (κ3) is 20.2. The molecule has 0 atom stereocenters. The summed E-state index contributed by atoms with van der Waals surface area (Å²) in [7, 11) is 0. The molecule has 0 aromatic rings. The molecule has 0 rings (SSSR count). The summed E-state index contributed by atoms with van der Waals surface area (Å²) >= 11 is 0. The Kier molecular flexibility index (Phi) is 21.2. The fourth-order valence-electron chi connectivity index (χ4n) is 3.65. The van der Waals surface area contributed by atoms with Gasteiger partial charge in [0.2, 0.25) is 0 Å². The zero-order valence-corrected chi connectivity index (χ0v) is 20.1. The maximum atomic E-state index is 11.4. The Balaban J connectivity index is 3.87. The van der Waals surface area contributed by atoms with Crippen molar-refractivity contribution in [2.24, 2.45) is 0 Å². The number of rotatable bonds is 22. The lowest BCUT2D eigenvalue weighted by Gasteiger charge is -2.22. The molecule has 0 aromatic carbocycles. The van der Waals surface area contributed by atoms with Gasteiger partial charge in [-0.15, -0.1) is 0 Å². The molecule has 172 valence electrons. The molecule has 0 aliphatic heterocycles. The Labute approximate surface area is 182 Å². The van der Waals surface area contributed by atoms with E-state index in [-0.39, 0.29) is 5.97 Å². The second-order valence-electron chi connectivity index (χ2n) is 8.71. The number of esters is 1. The predicted molar refractivity (Wildman–Crippen MR) is 127 cm³/mol. The molecule has 0 aromatic heterocycles. The van der Waals surface area contributed by atoms with Crippen LogP contribution >= 0.6 is 0 Å². The van der Waals surface area contributed by atoms with Gasteiger partial charge in [-0.05, 0) is 52.2 Å². The number of ether oxygens (including phenoxy) is 1. The van der Waals surface area contributed by atoms with Crippen molar-refractivity contribution in [2.75, 3.05) is 26.2 Å². The van der Waals surface area contributed by atoms with Gasteiger partial charge in [0.15, 0.2) is 0 Å².